The lowest BCUT2D eigenvalue weighted by atomic mass is 10.1. The molecule has 0 aliphatic rings. The highest BCUT2D eigenvalue weighted by atomic mass is 35.5. The molecule has 1 aromatic heterocycles. The number of halogens is 1. The lowest BCUT2D eigenvalue weighted by Crippen LogP contribution is -2.02. The Hall–Kier alpha value is -1.81. The molecule has 2 rings (SSSR count). The molecule has 1 aromatic carbocycles. The van der Waals surface area contributed by atoms with Crippen molar-refractivity contribution >= 4 is 23.0 Å². The van der Waals surface area contributed by atoms with Gasteiger partial charge >= 0.3 is 0 Å². The van der Waals surface area contributed by atoms with Gasteiger partial charge in [0.25, 0.3) is 0 Å². The standard InChI is InChI=1S/C12H13ClN4/c1-7-3-4-8(14)10(11(7)15-2)12-16-6-5-9(13)17-12/h3-6,15H,14H2,1-2H3. The third kappa shape index (κ3) is 2.17. The van der Waals surface area contributed by atoms with E-state index >= 15 is 0 Å². The zero-order valence-electron chi connectivity index (χ0n) is 9.66. The maximum Gasteiger partial charge on any atom is 0.165 e. The Labute approximate surface area is 105 Å². The Balaban J connectivity index is 2.70. The summed E-state index contributed by atoms with van der Waals surface area (Å²) in [5, 5.41) is 3.52. The van der Waals surface area contributed by atoms with E-state index in [1.54, 1.807) is 12.3 Å². The van der Waals surface area contributed by atoms with Gasteiger partial charge in [0.05, 0.1) is 5.56 Å². The third-order valence-electron chi connectivity index (χ3n) is 2.54. The number of nitrogen functional groups attached to an aromatic ring is 1. The van der Waals surface area contributed by atoms with Crippen molar-refractivity contribution in [2.75, 3.05) is 18.1 Å². The summed E-state index contributed by atoms with van der Waals surface area (Å²) >= 11 is 5.87. The molecule has 0 unspecified atom stereocenters. The van der Waals surface area contributed by atoms with Crippen LogP contribution in [0.4, 0.5) is 11.4 Å². The topological polar surface area (TPSA) is 63.8 Å². The fourth-order valence-electron chi connectivity index (χ4n) is 1.74. The summed E-state index contributed by atoms with van der Waals surface area (Å²) < 4.78 is 0. The number of nitrogens with one attached hydrogen (secondary N) is 1. The van der Waals surface area contributed by atoms with Gasteiger partial charge in [0, 0.05) is 24.6 Å². The van der Waals surface area contributed by atoms with Gasteiger partial charge in [-0.2, -0.15) is 0 Å². The van der Waals surface area contributed by atoms with Crippen LogP contribution in [0.3, 0.4) is 0 Å². The molecule has 5 heteroatoms. The number of hydrogen-bond donors (Lipinski definition) is 2. The second-order valence-corrected chi connectivity index (χ2v) is 4.06. The molecule has 0 saturated heterocycles. The first kappa shape index (κ1) is 11.7. The van der Waals surface area contributed by atoms with Crippen molar-refractivity contribution in [3.05, 3.63) is 35.1 Å². The fraction of sp³-hybridized carbons (Fsp3) is 0.167. The minimum Gasteiger partial charge on any atom is -0.398 e. The Morgan fingerprint density at radius 2 is 2.06 bits per heavy atom. The predicted molar refractivity (Wildman–Crippen MR) is 71.2 cm³/mol. The van der Waals surface area contributed by atoms with Crippen molar-refractivity contribution in [1.82, 2.24) is 9.97 Å². The molecule has 1 heterocycles. The molecule has 17 heavy (non-hydrogen) atoms. The number of benzene rings is 1. The van der Waals surface area contributed by atoms with E-state index in [1.165, 1.54) is 0 Å². The minimum absolute atomic E-state index is 0.401. The van der Waals surface area contributed by atoms with E-state index in [-0.39, 0.29) is 0 Å². The van der Waals surface area contributed by atoms with Crippen LogP contribution in [-0.4, -0.2) is 17.0 Å². The summed E-state index contributed by atoms with van der Waals surface area (Å²) in [5.41, 5.74) is 9.41. The van der Waals surface area contributed by atoms with E-state index in [0.29, 0.717) is 16.7 Å². The van der Waals surface area contributed by atoms with Crippen LogP contribution < -0.4 is 11.1 Å². The van der Waals surface area contributed by atoms with Gasteiger partial charge in [-0.25, -0.2) is 9.97 Å². The molecular weight excluding hydrogens is 236 g/mol. The first-order valence-electron chi connectivity index (χ1n) is 5.19. The van der Waals surface area contributed by atoms with E-state index in [9.17, 15) is 0 Å². The van der Waals surface area contributed by atoms with Crippen LogP contribution >= 0.6 is 11.6 Å². The maximum atomic E-state index is 5.98. The fourth-order valence-corrected chi connectivity index (χ4v) is 1.88. The Morgan fingerprint density at radius 1 is 1.29 bits per heavy atom. The number of nitrogens with zero attached hydrogens (tertiary/aromatic N) is 2. The second-order valence-electron chi connectivity index (χ2n) is 3.67. The van der Waals surface area contributed by atoms with Crippen molar-refractivity contribution in [2.24, 2.45) is 0 Å². The van der Waals surface area contributed by atoms with Gasteiger partial charge in [0.2, 0.25) is 0 Å². The lowest BCUT2D eigenvalue weighted by molar-refractivity contribution is 1.17. The smallest absolute Gasteiger partial charge is 0.165 e. The molecule has 0 fully saturated rings. The number of rotatable bonds is 2. The number of hydrogen-bond acceptors (Lipinski definition) is 4. The van der Waals surface area contributed by atoms with E-state index in [2.05, 4.69) is 15.3 Å². The normalized spacial score (nSPS) is 10.3. The zero-order chi connectivity index (χ0) is 12.4. The Morgan fingerprint density at radius 3 is 2.71 bits per heavy atom. The van der Waals surface area contributed by atoms with E-state index in [4.69, 9.17) is 17.3 Å². The number of aromatic nitrogens is 2. The van der Waals surface area contributed by atoms with Crippen LogP contribution in [0.1, 0.15) is 5.56 Å². The number of nitrogens with two attached hydrogens (primary N) is 1. The Bertz CT molecular complexity index is 554. The third-order valence-corrected chi connectivity index (χ3v) is 2.75. The molecule has 88 valence electrons. The molecule has 0 radical (unpaired) electrons. The summed E-state index contributed by atoms with van der Waals surface area (Å²) in [5.74, 6) is 0.531. The van der Waals surface area contributed by atoms with Crippen LogP contribution in [0, 0.1) is 6.92 Å². The highest BCUT2D eigenvalue weighted by Gasteiger charge is 2.13. The Kier molecular flexibility index (Phi) is 3.15. The molecule has 0 atom stereocenters. The van der Waals surface area contributed by atoms with Crippen LogP contribution in [0.2, 0.25) is 5.15 Å². The first-order chi connectivity index (χ1) is 8.13. The van der Waals surface area contributed by atoms with Crippen LogP contribution in [0.5, 0.6) is 0 Å². The molecule has 0 bridgehead atoms. The predicted octanol–water partition coefficient (Wildman–Crippen LogP) is 2.73. The summed E-state index contributed by atoms with van der Waals surface area (Å²) in [6.45, 7) is 2.00. The van der Waals surface area contributed by atoms with Crippen LogP contribution in [0.25, 0.3) is 11.4 Å². The SMILES string of the molecule is CNc1c(C)ccc(N)c1-c1nccc(Cl)n1. The quantitative estimate of drug-likeness (QED) is 0.634. The zero-order valence-corrected chi connectivity index (χ0v) is 10.4. The van der Waals surface area contributed by atoms with E-state index in [0.717, 1.165) is 16.8 Å². The first-order valence-corrected chi connectivity index (χ1v) is 5.57. The lowest BCUT2D eigenvalue weighted by Gasteiger charge is -2.13. The summed E-state index contributed by atoms with van der Waals surface area (Å²) in [6, 6.07) is 5.43. The highest BCUT2D eigenvalue weighted by molar-refractivity contribution is 6.29. The van der Waals surface area contributed by atoms with Gasteiger partial charge in [-0.3, -0.25) is 0 Å². The summed E-state index contributed by atoms with van der Waals surface area (Å²) in [7, 11) is 1.84. The van der Waals surface area contributed by atoms with Crippen molar-refractivity contribution in [3.8, 4) is 11.4 Å². The molecular formula is C12H13ClN4. The molecule has 4 nitrogen and oxygen atoms in total. The van der Waals surface area contributed by atoms with Crippen LogP contribution in [-0.2, 0) is 0 Å². The number of anilines is 2. The average Bonchev–Trinajstić information content (AvgIpc) is 2.31. The molecule has 3 N–H and O–H groups in total. The molecule has 2 aromatic rings. The highest BCUT2D eigenvalue weighted by Crippen LogP contribution is 2.33. The maximum absolute atomic E-state index is 5.98. The number of aryl methyl sites for hydroxylation is 1. The molecule has 0 aliphatic carbocycles. The molecule has 0 spiro atoms. The van der Waals surface area contributed by atoms with Gasteiger partial charge in [-0.05, 0) is 24.6 Å². The van der Waals surface area contributed by atoms with Crippen LogP contribution in [0.15, 0.2) is 24.4 Å². The average molecular weight is 249 g/mol. The van der Waals surface area contributed by atoms with Crippen molar-refractivity contribution in [3.63, 3.8) is 0 Å². The minimum atomic E-state index is 0.401. The van der Waals surface area contributed by atoms with Gasteiger partial charge in [-0.15, -0.1) is 0 Å². The van der Waals surface area contributed by atoms with Gasteiger partial charge in [0.1, 0.15) is 5.15 Å². The molecule has 0 amide bonds. The van der Waals surface area contributed by atoms with Crippen molar-refractivity contribution < 1.29 is 0 Å². The van der Waals surface area contributed by atoms with Gasteiger partial charge in [0.15, 0.2) is 5.82 Å². The molecule has 0 aliphatic heterocycles. The van der Waals surface area contributed by atoms with Crippen molar-refractivity contribution in [2.45, 2.75) is 6.92 Å². The van der Waals surface area contributed by atoms with E-state index in [1.807, 2.05) is 26.1 Å². The largest absolute Gasteiger partial charge is 0.398 e. The summed E-state index contributed by atoms with van der Waals surface area (Å²) in [4.78, 5) is 8.39. The molecule has 0 saturated carbocycles. The van der Waals surface area contributed by atoms with Gasteiger partial charge < -0.3 is 11.1 Å². The monoisotopic (exact) mass is 248 g/mol. The van der Waals surface area contributed by atoms with Crippen molar-refractivity contribution in [1.29, 1.82) is 0 Å². The summed E-state index contributed by atoms with van der Waals surface area (Å²) in [6.07, 6.45) is 1.62. The van der Waals surface area contributed by atoms with E-state index < -0.39 is 0 Å². The second kappa shape index (κ2) is 4.59. The van der Waals surface area contributed by atoms with Gasteiger partial charge in [-0.1, -0.05) is 17.7 Å².